The van der Waals surface area contributed by atoms with Gasteiger partial charge < -0.3 is 15.3 Å². The highest BCUT2D eigenvalue weighted by molar-refractivity contribution is 5.19. The van der Waals surface area contributed by atoms with E-state index in [1.54, 1.807) is 6.08 Å². The topological polar surface area (TPSA) is 60.7 Å². The number of allylic oxidation sites excluding steroid dienone is 6. The van der Waals surface area contributed by atoms with Crippen LogP contribution < -0.4 is 0 Å². The first-order chi connectivity index (χ1) is 24.1. The van der Waals surface area contributed by atoms with Gasteiger partial charge in [-0.25, -0.2) is 0 Å². The van der Waals surface area contributed by atoms with E-state index in [0.29, 0.717) is 6.42 Å². The standard InChI is InChI=1S/C46H70O3/c1-3-5-6-7-8-9-10-11-12-13-14-15-16-17-18-19-20-21-22-26-30-35-40-45(48)42-37-32-28-33-38-43-46(49)41-36-31-27-24-23-25-29-34-39-44(47)4-2/h1-2,5-6,21-22,34,37,39,42,44-49H,7-20,23-33,35,40H2/b6-5-,22-21-,39-34+,42-37+/t44-,45?,46-/m1/s1. The van der Waals surface area contributed by atoms with Gasteiger partial charge in [-0.05, 0) is 89.2 Å². The van der Waals surface area contributed by atoms with Crippen LogP contribution in [0.2, 0.25) is 0 Å². The molecule has 0 aromatic carbocycles. The Morgan fingerprint density at radius 1 is 0.449 bits per heavy atom. The van der Waals surface area contributed by atoms with Crippen LogP contribution in [0.15, 0.2) is 48.6 Å². The Kier molecular flexibility index (Phi) is 37.2. The Balaban J connectivity index is 3.52. The average molecular weight is 671 g/mol. The minimum Gasteiger partial charge on any atom is -0.389 e. The summed E-state index contributed by atoms with van der Waals surface area (Å²) in [5.74, 6) is 16.5. The van der Waals surface area contributed by atoms with Crippen LogP contribution in [0, 0.1) is 48.4 Å². The van der Waals surface area contributed by atoms with Gasteiger partial charge in [0, 0.05) is 12.8 Å². The second kappa shape index (κ2) is 39.5. The SMILES string of the molecule is C#C/C=C\CCCCCCCCCCCCCC/C=C\CCCCC(O)/C=C/CCCC#C[C@H](O)C#CCCCCCC/C=C/[C@H](O)C#C. The maximum Gasteiger partial charge on any atom is 0.176 e. The van der Waals surface area contributed by atoms with E-state index in [2.05, 4.69) is 53.8 Å². The summed E-state index contributed by atoms with van der Waals surface area (Å²) in [5, 5.41) is 29.3. The molecule has 0 aromatic heterocycles. The summed E-state index contributed by atoms with van der Waals surface area (Å²) in [6.45, 7) is 0. The molecule has 0 saturated carbocycles. The molecule has 49 heavy (non-hydrogen) atoms. The molecule has 0 rings (SSSR count). The van der Waals surface area contributed by atoms with Gasteiger partial charge in [0.25, 0.3) is 0 Å². The van der Waals surface area contributed by atoms with Crippen molar-refractivity contribution in [3.05, 3.63) is 48.6 Å². The highest BCUT2D eigenvalue weighted by Gasteiger charge is 1.98. The Bertz CT molecular complexity index is 1060. The minimum atomic E-state index is -0.880. The number of hydrogen-bond acceptors (Lipinski definition) is 3. The van der Waals surface area contributed by atoms with Crippen molar-refractivity contribution >= 4 is 0 Å². The van der Waals surface area contributed by atoms with Crippen molar-refractivity contribution in [2.45, 2.75) is 192 Å². The van der Waals surface area contributed by atoms with Gasteiger partial charge in [0.2, 0.25) is 0 Å². The minimum absolute atomic E-state index is 0.366. The Labute approximate surface area is 303 Å². The van der Waals surface area contributed by atoms with E-state index in [1.165, 1.54) is 83.5 Å². The molecule has 0 aromatic rings. The Morgan fingerprint density at radius 2 is 0.878 bits per heavy atom. The zero-order chi connectivity index (χ0) is 35.7. The Morgan fingerprint density at radius 3 is 1.43 bits per heavy atom. The highest BCUT2D eigenvalue weighted by Crippen LogP contribution is 2.14. The number of terminal acetylenes is 2. The van der Waals surface area contributed by atoms with Crippen LogP contribution in [0.3, 0.4) is 0 Å². The third kappa shape index (κ3) is 39.4. The Hall–Kier alpha value is -2.92. The van der Waals surface area contributed by atoms with Crippen molar-refractivity contribution in [2.24, 2.45) is 0 Å². The second-order valence-corrected chi connectivity index (χ2v) is 13.1. The first-order valence-electron chi connectivity index (χ1n) is 19.7. The van der Waals surface area contributed by atoms with E-state index in [1.807, 2.05) is 24.3 Å². The molecule has 3 atom stereocenters. The van der Waals surface area contributed by atoms with Gasteiger partial charge in [-0.1, -0.05) is 155 Å². The number of aliphatic hydroxyl groups excluding tert-OH is 3. The van der Waals surface area contributed by atoms with Gasteiger partial charge in [0.15, 0.2) is 6.10 Å². The second-order valence-electron chi connectivity index (χ2n) is 13.1. The van der Waals surface area contributed by atoms with Crippen LogP contribution >= 0.6 is 0 Å². The smallest absolute Gasteiger partial charge is 0.176 e. The van der Waals surface area contributed by atoms with Crippen LogP contribution in [-0.2, 0) is 0 Å². The quantitative estimate of drug-likeness (QED) is 0.0391. The number of unbranched alkanes of at least 4 members (excludes halogenated alkanes) is 22. The van der Waals surface area contributed by atoms with E-state index in [4.69, 9.17) is 12.8 Å². The molecule has 0 saturated heterocycles. The lowest BCUT2D eigenvalue weighted by atomic mass is 10.0. The molecule has 0 aliphatic rings. The van der Waals surface area contributed by atoms with E-state index in [9.17, 15) is 15.3 Å². The molecule has 3 nitrogen and oxygen atoms in total. The molecule has 0 aliphatic heterocycles. The molecule has 0 heterocycles. The fourth-order valence-corrected chi connectivity index (χ4v) is 5.44. The summed E-state index contributed by atoms with van der Waals surface area (Å²) < 4.78 is 0. The maximum absolute atomic E-state index is 10.2. The summed E-state index contributed by atoms with van der Waals surface area (Å²) in [4.78, 5) is 0. The van der Waals surface area contributed by atoms with Crippen molar-refractivity contribution in [2.75, 3.05) is 0 Å². The lowest BCUT2D eigenvalue weighted by Gasteiger charge is -2.04. The van der Waals surface area contributed by atoms with E-state index in [-0.39, 0.29) is 6.10 Å². The third-order valence-electron chi connectivity index (χ3n) is 8.41. The monoisotopic (exact) mass is 671 g/mol. The van der Waals surface area contributed by atoms with Gasteiger partial charge in [-0.2, -0.15) is 0 Å². The van der Waals surface area contributed by atoms with Crippen molar-refractivity contribution in [1.29, 1.82) is 0 Å². The summed E-state index contributed by atoms with van der Waals surface area (Å²) in [6.07, 6.45) is 55.7. The van der Waals surface area contributed by atoms with Crippen molar-refractivity contribution < 1.29 is 15.3 Å². The first kappa shape index (κ1) is 46.1. The molecule has 0 spiro atoms. The van der Waals surface area contributed by atoms with Crippen molar-refractivity contribution in [3.63, 3.8) is 0 Å². The molecular formula is C46H70O3. The molecule has 3 heteroatoms. The maximum atomic E-state index is 10.2. The lowest BCUT2D eigenvalue weighted by molar-refractivity contribution is 0.208. The molecule has 0 bridgehead atoms. The number of rotatable bonds is 31. The third-order valence-corrected chi connectivity index (χ3v) is 8.41. The van der Waals surface area contributed by atoms with Gasteiger partial charge in [-0.15, -0.1) is 12.8 Å². The predicted octanol–water partition coefficient (Wildman–Crippen LogP) is 11.1. The fraction of sp³-hybridized carbons (Fsp3) is 0.652. The molecule has 0 radical (unpaired) electrons. The zero-order valence-electron chi connectivity index (χ0n) is 30.9. The fourth-order valence-electron chi connectivity index (χ4n) is 5.44. The first-order valence-corrected chi connectivity index (χ1v) is 19.7. The van der Waals surface area contributed by atoms with Gasteiger partial charge >= 0.3 is 0 Å². The van der Waals surface area contributed by atoms with Gasteiger partial charge in [0.1, 0.15) is 6.10 Å². The van der Waals surface area contributed by atoms with Crippen molar-refractivity contribution in [1.82, 2.24) is 0 Å². The highest BCUT2D eigenvalue weighted by atomic mass is 16.3. The largest absolute Gasteiger partial charge is 0.389 e. The number of aliphatic hydroxyl groups is 3. The van der Waals surface area contributed by atoms with Crippen LogP contribution in [0.1, 0.15) is 173 Å². The molecule has 272 valence electrons. The summed E-state index contributed by atoms with van der Waals surface area (Å²) in [6, 6.07) is 0. The van der Waals surface area contributed by atoms with Crippen LogP contribution in [0.4, 0.5) is 0 Å². The molecule has 0 aliphatic carbocycles. The van der Waals surface area contributed by atoms with Gasteiger partial charge in [0.05, 0.1) is 6.10 Å². The average Bonchev–Trinajstić information content (AvgIpc) is 3.10. The van der Waals surface area contributed by atoms with E-state index < -0.39 is 12.2 Å². The molecular weight excluding hydrogens is 601 g/mol. The number of hydrogen-bond donors (Lipinski definition) is 3. The lowest BCUT2D eigenvalue weighted by Crippen LogP contribution is -2.01. The van der Waals surface area contributed by atoms with E-state index >= 15 is 0 Å². The zero-order valence-corrected chi connectivity index (χ0v) is 30.9. The van der Waals surface area contributed by atoms with Crippen LogP contribution in [-0.4, -0.2) is 33.6 Å². The molecule has 3 N–H and O–H groups in total. The summed E-state index contributed by atoms with van der Waals surface area (Å²) in [5.41, 5.74) is 0. The normalized spacial score (nSPS) is 13.2. The summed E-state index contributed by atoms with van der Waals surface area (Å²) in [7, 11) is 0. The van der Waals surface area contributed by atoms with Crippen LogP contribution in [0.5, 0.6) is 0 Å². The summed E-state index contributed by atoms with van der Waals surface area (Å²) >= 11 is 0. The van der Waals surface area contributed by atoms with Gasteiger partial charge in [-0.3, -0.25) is 0 Å². The van der Waals surface area contributed by atoms with Crippen molar-refractivity contribution in [3.8, 4) is 48.4 Å². The van der Waals surface area contributed by atoms with Crippen LogP contribution in [0.25, 0.3) is 0 Å². The van der Waals surface area contributed by atoms with E-state index in [0.717, 1.165) is 83.5 Å². The molecule has 0 fully saturated rings. The predicted molar refractivity (Wildman–Crippen MR) is 212 cm³/mol. The molecule has 0 amide bonds. The molecule has 1 unspecified atom stereocenters.